The van der Waals surface area contributed by atoms with E-state index in [1.54, 1.807) is 24.3 Å². The molecule has 0 unspecified atom stereocenters. The monoisotopic (exact) mass is 311 g/mol. The van der Waals surface area contributed by atoms with Gasteiger partial charge in [0.1, 0.15) is 11.9 Å². The molecule has 3 nitrogen and oxygen atoms in total. The fourth-order valence-electron chi connectivity index (χ4n) is 2.23. The lowest BCUT2D eigenvalue weighted by Gasteiger charge is -2.11. The van der Waals surface area contributed by atoms with Crippen molar-refractivity contribution < 1.29 is 4.39 Å². The molecule has 1 aromatic heterocycles. The lowest BCUT2D eigenvalue weighted by Crippen LogP contribution is -2.03. The predicted molar refractivity (Wildman–Crippen MR) is 85.2 cm³/mol. The fourth-order valence-corrected chi connectivity index (χ4v) is 2.40. The van der Waals surface area contributed by atoms with Gasteiger partial charge in [-0.3, -0.25) is 4.98 Å². The first-order valence-corrected chi connectivity index (χ1v) is 7.02. The highest BCUT2D eigenvalue weighted by molar-refractivity contribution is 6.31. The van der Waals surface area contributed by atoms with Gasteiger partial charge in [-0.2, -0.15) is 5.26 Å². The molecule has 0 aliphatic heterocycles. The topological polar surface area (TPSA) is 48.7 Å². The zero-order valence-corrected chi connectivity index (χ0v) is 12.2. The molecule has 108 valence electrons. The smallest absolute Gasteiger partial charge is 0.123 e. The highest BCUT2D eigenvalue weighted by Gasteiger charge is 2.09. The average Bonchev–Trinajstić information content (AvgIpc) is 2.54. The van der Waals surface area contributed by atoms with Crippen molar-refractivity contribution in [1.29, 1.82) is 5.26 Å². The first kappa shape index (κ1) is 14.3. The Morgan fingerprint density at radius 2 is 1.95 bits per heavy atom. The quantitative estimate of drug-likeness (QED) is 0.774. The molecule has 1 N–H and O–H groups in total. The molecule has 0 fully saturated rings. The summed E-state index contributed by atoms with van der Waals surface area (Å²) < 4.78 is 12.9. The molecule has 3 aromatic rings. The van der Waals surface area contributed by atoms with E-state index in [4.69, 9.17) is 11.6 Å². The maximum Gasteiger partial charge on any atom is 0.123 e. The molecule has 0 spiro atoms. The molecular weight excluding hydrogens is 301 g/mol. The zero-order chi connectivity index (χ0) is 15.5. The van der Waals surface area contributed by atoms with Gasteiger partial charge in [0.2, 0.25) is 0 Å². The summed E-state index contributed by atoms with van der Waals surface area (Å²) in [6, 6.07) is 13.7. The summed E-state index contributed by atoms with van der Waals surface area (Å²) in [5.74, 6) is -0.275. The Morgan fingerprint density at radius 1 is 1.18 bits per heavy atom. The molecule has 0 saturated heterocycles. The number of benzene rings is 2. The van der Waals surface area contributed by atoms with Gasteiger partial charge in [-0.25, -0.2) is 4.39 Å². The Labute approximate surface area is 132 Å². The molecule has 3 rings (SSSR count). The number of rotatable bonds is 3. The van der Waals surface area contributed by atoms with Gasteiger partial charge in [0, 0.05) is 23.2 Å². The van der Waals surface area contributed by atoms with Crippen molar-refractivity contribution in [3.8, 4) is 6.07 Å². The number of halogens is 2. The van der Waals surface area contributed by atoms with E-state index in [-0.39, 0.29) is 5.82 Å². The third-order valence-electron chi connectivity index (χ3n) is 3.33. The molecule has 0 bridgehead atoms. The lowest BCUT2D eigenvalue weighted by molar-refractivity contribution is 0.627. The van der Waals surface area contributed by atoms with Crippen LogP contribution in [0.15, 0.2) is 48.7 Å². The van der Waals surface area contributed by atoms with Crippen LogP contribution in [-0.4, -0.2) is 4.98 Å². The van der Waals surface area contributed by atoms with E-state index in [1.807, 2.05) is 6.07 Å². The van der Waals surface area contributed by atoms with E-state index in [1.165, 1.54) is 18.3 Å². The summed E-state index contributed by atoms with van der Waals surface area (Å²) in [6.07, 6.45) is 1.53. The third-order valence-corrected chi connectivity index (χ3v) is 3.57. The highest BCUT2D eigenvalue weighted by Crippen LogP contribution is 2.28. The third kappa shape index (κ3) is 2.85. The van der Waals surface area contributed by atoms with Gasteiger partial charge >= 0.3 is 0 Å². The Balaban J connectivity index is 1.99. The van der Waals surface area contributed by atoms with Crippen LogP contribution in [-0.2, 0) is 6.54 Å². The van der Waals surface area contributed by atoms with Crippen molar-refractivity contribution in [2.24, 2.45) is 0 Å². The number of hydrogen-bond donors (Lipinski definition) is 1. The maximum absolute atomic E-state index is 12.9. The Kier molecular flexibility index (Phi) is 3.90. The van der Waals surface area contributed by atoms with Gasteiger partial charge < -0.3 is 5.32 Å². The van der Waals surface area contributed by atoms with Crippen molar-refractivity contribution in [1.82, 2.24) is 4.98 Å². The number of fused-ring (bicyclic) bond motifs is 1. The van der Waals surface area contributed by atoms with Crippen LogP contribution >= 0.6 is 11.6 Å². The van der Waals surface area contributed by atoms with Crippen LogP contribution in [0, 0.1) is 17.1 Å². The Hall–Kier alpha value is -2.64. The SMILES string of the molecule is N#Cc1cnc2ccc(Cl)cc2c1NCc1ccc(F)cc1. The van der Waals surface area contributed by atoms with Crippen LogP contribution in [0.5, 0.6) is 0 Å². The largest absolute Gasteiger partial charge is 0.379 e. The molecule has 0 radical (unpaired) electrons. The standard InChI is InChI=1S/C17H11ClFN3/c18-13-3-6-16-15(7-13)17(12(8-20)10-21-16)22-9-11-1-4-14(19)5-2-11/h1-7,10H,9H2,(H,21,22). The van der Waals surface area contributed by atoms with E-state index in [2.05, 4.69) is 16.4 Å². The van der Waals surface area contributed by atoms with E-state index < -0.39 is 0 Å². The molecular formula is C17H11ClFN3. The molecule has 0 amide bonds. The van der Waals surface area contributed by atoms with Gasteiger partial charge in [0.05, 0.1) is 16.8 Å². The van der Waals surface area contributed by atoms with Crippen LogP contribution in [0.2, 0.25) is 5.02 Å². The number of pyridine rings is 1. The molecule has 5 heteroatoms. The van der Waals surface area contributed by atoms with E-state index in [0.29, 0.717) is 22.8 Å². The van der Waals surface area contributed by atoms with Crippen molar-refractivity contribution in [3.05, 3.63) is 70.6 Å². The summed E-state index contributed by atoms with van der Waals surface area (Å²) in [4.78, 5) is 4.25. The van der Waals surface area contributed by atoms with Crippen molar-refractivity contribution in [3.63, 3.8) is 0 Å². The molecule has 0 aliphatic carbocycles. The fraction of sp³-hybridized carbons (Fsp3) is 0.0588. The van der Waals surface area contributed by atoms with Crippen molar-refractivity contribution >= 4 is 28.2 Å². The molecule has 0 saturated carbocycles. The van der Waals surface area contributed by atoms with Crippen LogP contribution in [0.25, 0.3) is 10.9 Å². The molecule has 22 heavy (non-hydrogen) atoms. The van der Waals surface area contributed by atoms with Crippen LogP contribution in [0.1, 0.15) is 11.1 Å². The molecule has 2 aromatic carbocycles. The highest BCUT2D eigenvalue weighted by atomic mass is 35.5. The predicted octanol–water partition coefficient (Wildman–Crippen LogP) is 4.51. The minimum Gasteiger partial charge on any atom is -0.379 e. The second-order valence-electron chi connectivity index (χ2n) is 4.80. The molecule has 0 aliphatic rings. The van der Waals surface area contributed by atoms with Gasteiger partial charge in [-0.15, -0.1) is 0 Å². The minimum absolute atomic E-state index is 0.275. The minimum atomic E-state index is -0.275. The number of aromatic nitrogens is 1. The van der Waals surface area contributed by atoms with Crippen molar-refractivity contribution in [2.75, 3.05) is 5.32 Å². The number of nitrogens with zero attached hydrogens (tertiary/aromatic N) is 2. The second-order valence-corrected chi connectivity index (χ2v) is 5.24. The average molecular weight is 312 g/mol. The summed E-state index contributed by atoms with van der Waals surface area (Å²) in [5, 5.41) is 13.9. The Morgan fingerprint density at radius 3 is 2.68 bits per heavy atom. The number of hydrogen-bond acceptors (Lipinski definition) is 3. The number of anilines is 1. The van der Waals surface area contributed by atoms with Gasteiger partial charge in [-0.05, 0) is 35.9 Å². The number of nitrogens with one attached hydrogen (secondary N) is 1. The second kappa shape index (κ2) is 6.00. The Bertz CT molecular complexity index is 869. The normalized spacial score (nSPS) is 10.4. The van der Waals surface area contributed by atoms with E-state index >= 15 is 0 Å². The maximum atomic E-state index is 12.9. The summed E-state index contributed by atoms with van der Waals surface area (Å²) >= 11 is 6.04. The van der Waals surface area contributed by atoms with Gasteiger partial charge in [0.25, 0.3) is 0 Å². The van der Waals surface area contributed by atoms with Crippen LogP contribution in [0.4, 0.5) is 10.1 Å². The summed E-state index contributed by atoms with van der Waals surface area (Å²) in [7, 11) is 0. The summed E-state index contributed by atoms with van der Waals surface area (Å²) in [5.41, 5.74) is 2.79. The summed E-state index contributed by atoms with van der Waals surface area (Å²) in [6.45, 7) is 0.473. The van der Waals surface area contributed by atoms with Crippen LogP contribution < -0.4 is 5.32 Å². The van der Waals surface area contributed by atoms with Gasteiger partial charge in [-0.1, -0.05) is 23.7 Å². The molecule has 0 atom stereocenters. The first-order valence-electron chi connectivity index (χ1n) is 6.64. The van der Waals surface area contributed by atoms with E-state index in [9.17, 15) is 9.65 Å². The zero-order valence-electron chi connectivity index (χ0n) is 11.5. The van der Waals surface area contributed by atoms with Gasteiger partial charge in [0.15, 0.2) is 0 Å². The number of nitriles is 1. The lowest BCUT2D eigenvalue weighted by atomic mass is 10.1. The molecule has 1 heterocycles. The first-order chi connectivity index (χ1) is 10.7. The van der Waals surface area contributed by atoms with Crippen molar-refractivity contribution in [2.45, 2.75) is 6.54 Å². The van der Waals surface area contributed by atoms with E-state index in [0.717, 1.165) is 16.5 Å². The van der Waals surface area contributed by atoms with Crippen LogP contribution in [0.3, 0.4) is 0 Å².